The maximum absolute atomic E-state index is 11.6. The monoisotopic (exact) mass is 213 g/mol. The van der Waals surface area contributed by atoms with Gasteiger partial charge >= 0.3 is 5.97 Å². The Morgan fingerprint density at radius 1 is 1.60 bits per heavy atom. The molecule has 0 aromatic rings. The van der Waals surface area contributed by atoms with Crippen LogP contribution in [0, 0.1) is 18.3 Å². The lowest BCUT2D eigenvalue weighted by Gasteiger charge is -2.21. The Hall–Kier alpha value is -1.05. The number of esters is 1. The molecule has 0 aromatic heterocycles. The third-order valence-corrected chi connectivity index (χ3v) is 1.96. The topological polar surface area (TPSA) is 47.6 Å². The number of carbonyl (C=O) groups excluding carboxylic acids is 1. The van der Waals surface area contributed by atoms with Gasteiger partial charge < -0.3 is 9.47 Å². The maximum atomic E-state index is 11.6. The number of rotatable bonds is 7. The summed E-state index contributed by atoms with van der Waals surface area (Å²) in [4.78, 5) is 11.6. The van der Waals surface area contributed by atoms with E-state index in [1.807, 2.05) is 6.92 Å². The largest absolute Gasteiger partial charge is 0.465 e. The first-order valence-corrected chi connectivity index (χ1v) is 4.99. The zero-order valence-corrected chi connectivity index (χ0v) is 9.58. The van der Waals surface area contributed by atoms with E-state index in [0.29, 0.717) is 19.8 Å². The van der Waals surface area contributed by atoms with Crippen LogP contribution in [0.25, 0.3) is 0 Å². The van der Waals surface area contributed by atoms with E-state index < -0.39 is 6.04 Å². The van der Waals surface area contributed by atoms with Gasteiger partial charge in [0.25, 0.3) is 0 Å². The first-order chi connectivity index (χ1) is 7.17. The second-order valence-corrected chi connectivity index (χ2v) is 3.25. The zero-order chi connectivity index (χ0) is 11.7. The molecule has 0 aliphatic carbocycles. The number of hydrogen-bond acceptors (Lipinski definition) is 4. The summed E-state index contributed by atoms with van der Waals surface area (Å²) in [5.74, 6) is 2.18. The lowest BCUT2D eigenvalue weighted by atomic mass is 10.0. The minimum absolute atomic E-state index is 0.0300. The number of terminal acetylenes is 1. The molecule has 0 heterocycles. The van der Waals surface area contributed by atoms with Gasteiger partial charge in [-0.3, -0.25) is 10.1 Å². The zero-order valence-electron chi connectivity index (χ0n) is 9.58. The van der Waals surface area contributed by atoms with Gasteiger partial charge in [0.2, 0.25) is 0 Å². The van der Waals surface area contributed by atoms with E-state index in [1.165, 1.54) is 0 Å². The second kappa shape index (κ2) is 8.27. The van der Waals surface area contributed by atoms with Gasteiger partial charge in [-0.25, -0.2) is 0 Å². The van der Waals surface area contributed by atoms with Gasteiger partial charge in [0.1, 0.15) is 6.04 Å². The summed E-state index contributed by atoms with van der Waals surface area (Å²) in [6.45, 7) is 4.89. The fourth-order valence-corrected chi connectivity index (χ4v) is 1.28. The Balaban J connectivity index is 4.29. The molecule has 2 atom stereocenters. The molecule has 1 N–H and O–H groups in total. The van der Waals surface area contributed by atoms with Crippen LogP contribution in [-0.2, 0) is 14.3 Å². The van der Waals surface area contributed by atoms with Crippen molar-refractivity contribution in [3.63, 3.8) is 0 Å². The Kier molecular flexibility index (Phi) is 7.69. The summed E-state index contributed by atoms with van der Waals surface area (Å²) >= 11 is 0. The predicted molar refractivity (Wildman–Crippen MR) is 58.3 cm³/mol. The fourth-order valence-electron chi connectivity index (χ4n) is 1.28. The minimum atomic E-state index is -0.402. The van der Waals surface area contributed by atoms with Gasteiger partial charge in [0.05, 0.1) is 19.8 Å². The van der Waals surface area contributed by atoms with E-state index >= 15 is 0 Å². The van der Waals surface area contributed by atoms with Gasteiger partial charge in [0, 0.05) is 13.0 Å². The first kappa shape index (κ1) is 13.9. The van der Waals surface area contributed by atoms with Crippen molar-refractivity contribution in [3.05, 3.63) is 0 Å². The molecule has 0 rings (SSSR count). The summed E-state index contributed by atoms with van der Waals surface area (Å²) in [6, 6.07) is -0.402. The Morgan fingerprint density at radius 2 is 2.27 bits per heavy atom. The van der Waals surface area contributed by atoms with E-state index in [9.17, 15) is 4.79 Å². The minimum Gasteiger partial charge on any atom is -0.465 e. The lowest BCUT2D eigenvalue weighted by molar-refractivity contribution is -0.147. The van der Waals surface area contributed by atoms with Crippen molar-refractivity contribution in [1.82, 2.24) is 5.32 Å². The molecule has 86 valence electrons. The molecule has 0 bridgehead atoms. The van der Waals surface area contributed by atoms with Crippen LogP contribution in [0.4, 0.5) is 0 Å². The van der Waals surface area contributed by atoms with Gasteiger partial charge in [-0.2, -0.15) is 0 Å². The summed E-state index contributed by atoms with van der Waals surface area (Å²) in [6.07, 6.45) is 5.13. The smallest absolute Gasteiger partial charge is 0.323 e. The standard InChI is InChI=1S/C11H19NO3/c1-5-7-12-10(9(3)8-14-4)11(13)15-6-2/h1,9-10,12H,6-8H2,2-4H3. The third-order valence-electron chi connectivity index (χ3n) is 1.96. The third kappa shape index (κ3) is 5.40. The van der Waals surface area contributed by atoms with Crippen molar-refractivity contribution in [2.24, 2.45) is 5.92 Å². The molecule has 0 aliphatic rings. The normalized spacial score (nSPS) is 14.0. The molecule has 0 radical (unpaired) electrons. The molecular formula is C11H19NO3. The van der Waals surface area contributed by atoms with Crippen LogP contribution in [0.2, 0.25) is 0 Å². The maximum Gasteiger partial charge on any atom is 0.323 e. The molecule has 0 saturated carbocycles. The van der Waals surface area contributed by atoms with Crippen molar-refractivity contribution >= 4 is 5.97 Å². The number of hydrogen-bond donors (Lipinski definition) is 1. The highest BCUT2D eigenvalue weighted by Crippen LogP contribution is 2.05. The van der Waals surface area contributed by atoms with Crippen molar-refractivity contribution < 1.29 is 14.3 Å². The number of methoxy groups -OCH3 is 1. The van der Waals surface area contributed by atoms with E-state index in [1.54, 1.807) is 14.0 Å². The summed E-state index contributed by atoms with van der Waals surface area (Å²) in [5.41, 5.74) is 0. The molecule has 0 saturated heterocycles. The Bertz CT molecular complexity index is 222. The van der Waals surface area contributed by atoms with Crippen molar-refractivity contribution in [3.8, 4) is 12.3 Å². The molecule has 0 spiro atoms. The molecular weight excluding hydrogens is 194 g/mol. The van der Waals surface area contributed by atoms with Gasteiger partial charge in [-0.1, -0.05) is 12.8 Å². The van der Waals surface area contributed by atoms with Crippen molar-refractivity contribution in [1.29, 1.82) is 0 Å². The molecule has 0 amide bonds. The molecule has 2 unspecified atom stereocenters. The van der Waals surface area contributed by atoms with Crippen LogP contribution >= 0.6 is 0 Å². The summed E-state index contributed by atoms with van der Waals surface area (Å²) in [5, 5.41) is 2.95. The highest BCUT2D eigenvalue weighted by atomic mass is 16.5. The van der Waals surface area contributed by atoms with Crippen LogP contribution < -0.4 is 5.32 Å². The summed E-state index contributed by atoms with van der Waals surface area (Å²) in [7, 11) is 1.60. The van der Waals surface area contributed by atoms with E-state index in [-0.39, 0.29) is 11.9 Å². The summed E-state index contributed by atoms with van der Waals surface area (Å²) < 4.78 is 9.94. The van der Waals surface area contributed by atoms with E-state index in [2.05, 4.69) is 11.2 Å². The van der Waals surface area contributed by atoms with Crippen LogP contribution in [0.1, 0.15) is 13.8 Å². The first-order valence-electron chi connectivity index (χ1n) is 4.99. The molecule has 15 heavy (non-hydrogen) atoms. The van der Waals surface area contributed by atoms with E-state index in [4.69, 9.17) is 15.9 Å². The van der Waals surface area contributed by atoms with Crippen LogP contribution in [0.3, 0.4) is 0 Å². The average molecular weight is 213 g/mol. The average Bonchev–Trinajstić information content (AvgIpc) is 2.19. The van der Waals surface area contributed by atoms with Crippen LogP contribution in [0.15, 0.2) is 0 Å². The van der Waals surface area contributed by atoms with Gasteiger partial charge in [-0.05, 0) is 6.92 Å². The SMILES string of the molecule is C#CCNC(C(=O)OCC)C(C)COC. The number of carbonyl (C=O) groups is 1. The van der Waals surface area contributed by atoms with Crippen LogP contribution in [-0.4, -0.2) is 38.9 Å². The quantitative estimate of drug-likeness (QED) is 0.492. The lowest BCUT2D eigenvalue weighted by Crippen LogP contribution is -2.44. The number of ether oxygens (including phenoxy) is 2. The fraction of sp³-hybridized carbons (Fsp3) is 0.727. The molecule has 0 fully saturated rings. The Labute approximate surface area is 91.3 Å². The molecule has 4 nitrogen and oxygen atoms in total. The van der Waals surface area contributed by atoms with Gasteiger partial charge in [0.15, 0.2) is 0 Å². The van der Waals surface area contributed by atoms with E-state index in [0.717, 1.165) is 0 Å². The van der Waals surface area contributed by atoms with Crippen molar-refractivity contribution in [2.45, 2.75) is 19.9 Å². The predicted octanol–water partition coefficient (Wildman–Crippen LogP) is 0.423. The molecule has 0 aliphatic heterocycles. The number of nitrogens with one attached hydrogen (secondary N) is 1. The molecule has 4 heteroatoms. The Morgan fingerprint density at radius 3 is 2.73 bits per heavy atom. The highest BCUT2D eigenvalue weighted by molar-refractivity contribution is 5.76. The highest BCUT2D eigenvalue weighted by Gasteiger charge is 2.25. The van der Waals surface area contributed by atoms with Gasteiger partial charge in [-0.15, -0.1) is 6.42 Å². The van der Waals surface area contributed by atoms with Crippen molar-refractivity contribution in [2.75, 3.05) is 26.9 Å². The second-order valence-electron chi connectivity index (χ2n) is 3.25. The van der Waals surface area contributed by atoms with Crippen LogP contribution in [0.5, 0.6) is 0 Å². The molecule has 0 aromatic carbocycles.